The normalized spacial score (nSPS) is 13.8. The number of benzene rings is 1. The van der Waals surface area contributed by atoms with E-state index in [1.807, 2.05) is 54.4 Å². The van der Waals surface area contributed by atoms with E-state index in [-0.39, 0.29) is 0 Å². The van der Waals surface area contributed by atoms with Crippen LogP contribution in [0.5, 0.6) is 0 Å². The molecular weight excluding hydrogens is 366 g/mol. The van der Waals surface area contributed by atoms with E-state index in [1.54, 1.807) is 18.1 Å². The third-order valence-electron chi connectivity index (χ3n) is 4.14. The van der Waals surface area contributed by atoms with Crippen LogP contribution in [0.1, 0.15) is 23.5 Å². The van der Waals surface area contributed by atoms with Crippen LogP contribution >= 0.6 is 23.4 Å². The minimum Gasteiger partial charge on any atom is -0.318 e. The minimum atomic E-state index is 0.689. The zero-order valence-electron chi connectivity index (χ0n) is 14.8. The second-order valence-corrected chi connectivity index (χ2v) is 7.77. The maximum atomic E-state index is 6.00. The number of aromatic nitrogens is 4. The first-order valence-electron chi connectivity index (χ1n) is 8.28. The Morgan fingerprint density at radius 1 is 1.15 bits per heavy atom. The molecule has 0 aliphatic carbocycles. The summed E-state index contributed by atoms with van der Waals surface area (Å²) >= 11 is 7.67. The van der Waals surface area contributed by atoms with Gasteiger partial charge in [-0.1, -0.05) is 29.4 Å². The number of aliphatic imine (C=N–C) groups is 1. The predicted molar refractivity (Wildman–Crippen MR) is 107 cm³/mol. The fourth-order valence-corrected chi connectivity index (χ4v) is 3.98. The summed E-state index contributed by atoms with van der Waals surface area (Å²) in [4.78, 5) is 11.7. The molecule has 0 unspecified atom stereocenters. The Kier molecular flexibility index (Phi) is 4.46. The van der Waals surface area contributed by atoms with Gasteiger partial charge in [0.15, 0.2) is 5.82 Å². The molecule has 0 fully saturated rings. The second-order valence-electron chi connectivity index (χ2n) is 6.22. The zero-order valence-corrected chi connectivity index (χ0v) is 16.3. The van der Waals surface area contributed by atoms with Crippen molar-refractivity contribution in [3.63, 3.8) is 0 Å². The number of aryl methyl sites for hydroxylation is 3. The lowest BCUT2D eigenvalue weighted by atomic mass is 10.3. The number of hydrogen-bond donors (Lipinski definition) is 0. The van der Waals surface area contributed by atoms with Gasteiger partial charge in [0.1, 0.15) is 11.5 Å². The molecule has 132 valence electrons. The van der Waals surface area contributed by atoms with Gasteiger partial charge in [-0.05, 0) is 44.2 Å². The van der Waals surface area contributed by atoms with Crippen LogP contribution in [0, 0.1) is 13.8 Å². The van der Waals surface area contributed by atoms with E-state index in [2.05, 4.69) is 22.2 Å². The van der Waals surface area contributed by atoms with Crippen molar-refractivity contribution in [2.24, 2.45) is 12.0 Å². The topological polar surface area (TPSA) is 48.0 Å². The molecular formula is C19H18ClN5S. The number of imidazole rings is 1. The molecule has 0 N–H and O–H groups in total. The zero-order chi connectivity index (χ0) is 18.3. The van der Waals surface area contributed by atoms with Crippen LogP contribution in [0.25, 0.3) is 4.91 Å². The Balaban J connectivity index is 1.75. The van der Waals surface area contributed by atoms with E-state index in [0.29, 0.717) is 6.42 Å². The fourth-order valence-electron chi connectivity index (χ4n) is 2.92. The van der Waals surface area contributed by atoms with Crippen LogP contribution in [0.2, 0.25) is 5.02 Å². The molecule has 0 spiro atoms. The summed E-state index contributed by atoms with van der Waals surface area (Å²) in [5, 5.41) is 5.32. The van der Waals surface area contributed by atoms with Crippen LogP contribution in [-0.2, 0) is 7.05 Å². The summed E-state index contributed by atoms with van der Waals surface area (Å²) in [6, 6.07) is 9.90. The lowest BCUT2D eigenvalue weighted by Gasteiger charge is -2.06. The summed E-state index contributed by atoms with van der Waals surface area (Å²) in [7, 11) is 1.96. The summed E-state index contributed by atoms with van der Waals surface area (Å²) in [6.45, 7) is 4.04. The highest BCUT2D eigenvalue weighted by atomic mass is 35.5. The van der Waals surface area contributed by atoms with E-state index < -0.39 is 0 Å². The Morgan fingerprint density at radius 2 is 1.92 bits per heavy atom. The molecule has 0 radical (unpaired) electrons. The highest BCUT2D eigenvalue weighted by Gasteiger charge is 2.20. The highest BCUT2D eigenvalue weighted by Crippen LogP contribution is 2.40. The van der Waals surface area contributed by atoms with Gasteiger partial charge in [-0.2, -0.15) is 5.10 Å². The van der Waals surface area contributed by atoms with Crippen molar-refractivity contribution in [1.82, 2.24) is 19.3 Å². The molecule has 3 aromatic rings. The van der Waals surface area contributed by atoms with E-state index in [9.17, 15) is 0 Å². The van der Waals surface area contributed by atoms with Crippen molar-refractivity contribution in [2.45, 2.75) is 25.2 Å². The van der Waals surface area contributed by atoms with Crippen LogP contribution < -0.4 is 0 Å². The van der Waals surface area contributed by atoms with E-state index in [1.165, 1.54) is 0 Å². The standard InChI is InChI=1S/C19H18ClN5S/c1-12-10-13(2)25(23-12)17-9-8-16(18-19(22-17)24(3)11-21-18)26-15-6-4-14(20)5-7-15/h4-8,10-11H,9H2,1-3H3. The number of nitrogens with zero attached hydrogens (tertiary/aromatic N) is 5. The second kappa shape index (κ2) is 6.78. The molecule has 3 heterocycles. The SMILES string of the molecule is Cc1cc(C)n(C2=Nc3c(ncn3C)C(Sc3ccc(Cl)cc3)=CC2)n1. The van der Waals surface area contributed by atoms with Crippen molar-refractivity contribution in [1.29, 1.82) is 0 Å². The third-order valence-corrected chi connectivity index (χ3v) is 5.48. The van der Waals surface area contributed by atoms with Gasteiger partial charge in [0, 0.05) is 34.0 Å². The fraction of sp³-hybridized carbons (Fsp3) is 0.211. The lowest BCUT2D eigenvalue weighted by Crippen LogP contribution is -2.14. The molecule has 0 saturated heterocycles. The molecule has 1 aliphatic rings. The number of thioether (sulfide) groups is 1. The lowest BCUT2D eigenvalue weighted by molar-refractivity contribution is 0.856. The molecule has 5 nitrogen and oxygen atoms in total. The summed E-state index contributed by atoms with van der Waals surface area (Å²) in [6.07, 6.45) is 4.66. The Labute approximate surface area is 161 Å². The Morgan fingerprint density at radius 3 is 2.62 bits per heavy atom. The minimum absolute atomic E-state index is 0.689. The number of halogens is 1. The van der Waals surface area contributed by atoms with Crippen LogP contribution in [0.3, 0.4) is 0 Å². The first-order chi connectivity index (χ1) is 12.5. The van der Waals surface area contributed by atoms with Crippen LogP contribution in [-0.4, -0.2) is 25.2 Å². The number of fused-ring (bicyclic) bond motifs is 1. The van der Waals surface area contributed by atoms with Crippen molar-refractivity contribution in [3.05, 3.63) is 64.8 Å². The van der Waals surface area contributed by atoms with E-state index in [0.717, 1.165) is 43.6 Å². The van der Waals surface area contributed by atoms with Gasteiger partial charge in [-0.15, -0.1) is 0 Å². The molecule has 1 aliphatic heterocycles. The first-order valence-corrected chi connectivity index (χ1v) is 9.47. The monoisotopic (exact) mass is 383 g/mol. The molecule has 2 aromatic heterocycles. The summed E-state index contributed by atoms with van der Waals surface area (Å²) < 4.78 is 3.86. The molecule has 1 aromatic carbocycles. The van der Waals surface area contributed by atoms with Gasteiger partial charge < -0.3 is 4.57 Å². The summed E-state index contributed by atoms with van der Waals surface area (Å²) in [5.74, 6) is 1.74. The average Bonchev–Trinajstić information content (AvgIpc) is 3.07. The molecule has 4 rings (SSSR count). The molecule has 7 heteroatoms. The van der Waals surface area contributed by atoms with Crippen molar-refractivity contribution in [3.8, 4) is 0 Å². The Hall–Kier alpha value is -2.31. The molecule has 0 bridgehead atoms. The largest absolute Gasteiger partial charge is 0.318 e. The van der Waals surface area contributed by atoms with Gasteiger partial charge in [0.05, 0.1) is 12.0 Å². The third kappa shape index (κ3) is 3.22. The van der Waals surface area contributed by atoms with Crippen molar-refractivity contribution in [2.75, 3.05) is 0 Å². The maximum absolute atomic E-state index is 6.00. The number of hydrogen-bond acceptors (Lipinski definition) is 4. The predicted octanol–water partition coefficient (Wildman–Crippen LogP) is 5.00. The Bertz CT molecular complexity index is 1030. The van der Waals surface area contributed by atoms with Gasteiger partial charge in [0.25, 0.3) is 0 Å². The van der Waals surface area contributed by atoms with Crippen LogP contribution in [0.15, 0.2) is 52.6 Å². The van der Waals surface area contributed by atoms with Crippen LogP contribution in [0.4, 0.5) is 5.82 Å². The van der Waals surface area contributed by atoms with Crippen molar-refractivity contribution >= 4 is 39.9 Å². The molecule has 0 saturated carbocycles. The average molecular weight is 384 g/mol. The highest BCUT2D eigenvalue weighted by molar-refractivity contribution is 8.08. The quantitative estimate of drug-likeness (QED) is 0.625. The van der Waals surface area contributed by atoms with Crippen molar-refractivity contribution < 1.29 is 0 Å². The number of allylic oxidation sites excluding steroid dienone is 1. The van der Waals surface area contributed by atoms with Gasteiger partial charge in [-0.25, -0.2) is 14.7 Å². The molecule has 0 amide bonds. The van der Waals surface area contributed by atoms with Gasteiger partial charge in [-0.3, -0.25) is 0 Å². The van der Waals surface area contributed by atoms with E-state index in [4.69, 9.17) is 16.6 Å². The molecule has 26 heavy (non-hydrogen) atoms. The smallest absolute Gasteiger partial charge is 0.162 e. The van der Waals surface area contributed by atoms with Gasteiger partial charge in [0.2, 0.25) is 0 Å². The summed E-state index contributed by atoms with van der Waals surface area (Å²) in [5.41, 5.74) is 2.95. The first kappa shape index (κ1) is 17.1. The number of rotatable bonds is 2. The maximum Gasteiger partial charge on any atom is 0.162 e. The van der Waals surface area contributed by atoms with Gasteiger partial charge >= 0.3 is 0 Å². The molecule has 0 atom stereocenters. The van der Waals surface area contributed by atoms with E-state index >= 15 is 0 Å².